The van der Waals surface area contributed by atoms with E-state index in [0.29, 0.717) is 11.3 Å². The monoisotopic (exact) mass is 458 g/mol. The molecule has 6 heteroatoms. The first-order valence-electron chi connectivity index (χ1n) is 11.5. The molecule has 1 aliphatic rings. The highest BCUT2D eigenvalue weighted by Gasteiger charge is 2.22. The Labute approximate surface area is 199 Å². The second-order valence-corrected chi connectivity index (χ2v) is 8.41. The van der Waals surface area contributed by atoms with Gasteiger partial charge in [-0.05, 0) is 62.1 Å². The normalized spacial score (nSPS) is 15.1. The third-order valence-electron chi connectivity index (χ3n) is 6.24. The Morgan fingerprint density at radius 2 is 1.85 bits per heavy atom. The Bertz CT molecular complexity index is 1230. The van der Waals surface area contributed by atoms with Gasteiger partial charge in [-0.3, -0.25) is 4.99 Å². The van der Waals surface area contributed by atoms with Gasteiger partial charge in [-0.25, -0.2) is 18.7 Å². The van der Waals surface area contributed by atoms with Crippen LogP contribution in [0.1, 0.15) is 53.1 Å². The summed E-state index contributed by atoms with van der Waals surface area (Å²) in [7, 11) is 0. The van der Waals surface area contributed by atoms with Gasteiger partial charge in [-0.15, -0.1) is 6.58 Å². The zero-order valence-corrected chi connectivity index (χ0v) is 19.3. The number of rotatable bonds is 7. The van der Waals surface area contributed by atoms with Crippen LogP contribution in [0.2, 0.25) is 0 Å². The number of aliphatic imine (C=N–C) groups is 1. The minimum absolute atomic E-state index is 0.0744. The maximum Gasteiger partial charge on any atom is 0.163 e. The minimum atomic E-state index is -0.768. The lowest BCUT2D eigenvalue weighted by Gasteiger charge is -2.29. The molecule has 0 aliphatic carbocycles. The molecule has 1 fully saturated rings. The molecule has 0 bridgehead atoms. The Balaban J connectivity index is 1.75. The number of nitrogens with zero attached hydrogens (tertiary/aromatic N) is 4. The van der Waals surface area contributed by atoms with E-state index in [-0.39, 0.29) is 11.3 Å². The second-order valence-electron chi connectivity index (χ2n) is 8.41. The summed E-state index contributed by atoms with van der Waals surface area (Å²) < 4.78 is 29.3. The molecule has 0 N–H and O–H groups in total. The number of halogens is 2. The zero-order chi connectivity index (χ0) is 24.1. The Morgan fingerprint density at radius 1 is 1.06 bits per heavy atom. The Kier molecular flexibility index (Phi) is 7.26. The third-order valence-corrected chi connectivity index (χ3v) is 6.24. The number of hydrogen-bond acceptors (Lipinski definition) is 4. The highest BCUT2D eigenvalue weighted by atomic mass is 19.1. The highest BCUT2D eigenvalue weighted by Crippen LogP contribution is 2.30. The predicted octanol–water partition coefficient (Wildman–Crippen LogP) is 6.35. The van der Waals surface area contributed by atoms with Gasteiger partial charge < -0.3 is 4.90 Å². The van der Waals surface area contributed by atoms with E-state index >= 15 is 0 Å². The summed E-state index contributed by atoms with van der Waals surface area (Å²) in [6.45, 7) is 11.7. The van der Waals surface area contributed by atoms with Gasteiger partial charge in [0.1, 0.15) is 12.1 Å². The molecule has 0 saturated carbocycles. The van der Waals surface area contributed by atoms with Crippen molar-refractivity contribution < 1.29 is 8.78 Å². The summed E-state index contributed by atoms with van der Waals surface area (Å²) in [6, 6.07) is 11.1. The molecule has 1 atom stereocenters. The molecule has 1 unspecified atom stereocenters. The maximum atomic E-state index is 14.9. The molecule has 4 nitrogen and oxygen atoms in total. The van der Waals surface area contributed by atoms with Crippen LogP contribution in [0, 0.1) is 18.6 Å². The molecule has 4 rings (SSSR count). The first kappa shape index (κ1) is 23.5. The maximum absolute atomic E-state index is 14.9. The molecule has 1 aliphatic heterocycles. The lowest BCUT2D eigenvalue weighted by atomic mass is 9.90. The molecule has 2 aromatic carbocycles. The summed E-state index contributed by atoms with van der Waals surface area (Å²) in [5, 5.41) is 0. The van der Waals surface area contributed by atoms with Crippen molar-refractivity contribution in [3.8, 4) is 0 Å². The van der Waals surface area contributed by atoms with Crippen molar-refractivity contribution in [3.63, 3.8) is 0 Å². The number of piperidine rings is 1. The van der Waals surface area contributed by atoms with Crippen LogP contribution >= 0.6 is 0 Å². The lowest BCUT2D eigenvalue weighted by molar-refractivity contribution is 0.574. The van der Waals surface area contributed by atoms with Crippen molar-refractivity contribution >= 4 is 11.4 Å². The fraction of sp³-hybridized carbons (Fsp3) is 0.250. The van der Waals surface area contributed by atoms with Crippen molar-refractivity contribution in [2.75, 3.05) is 18.0 Å². The van der Waals surface area contributed by atoms with E-state index in [1.807, 2.05) is 0 Å². The van der Waals surface area contributed by atoms with Crippen LogP contribution in [0.5, 0.6) is 0 Å². The third kappa shape index (κ3) is 4.81. The molecule has 0 radical (unpaired) electrons. The average molecular weight is 459 g/mol. The topological polar surface area (TPSA) is 41.4 Å². The van der Waals surface area contributed by atoms with Gasteiger partial charge in [0, 0.05) is 41.7 Å². The fourth-order valence-electron chi connectivity index (χ4n) is 4.52. The van der Waals surface area contributed by atoms with Crippen LogP contribution < -0.4 is 4.90 Å². The Morgan fingerprint density at radius 3 is 2.53 bits per heavy atom. The summed E-state index contributed by atoms with van der Waals surface area (Å²) in [6.07, 6.45) is 8.97. The van der Waals surface area contributed by atoms with E-state index in [0.717, 1.165) is 30.4 Å². The quantitative estimate of drug-likeness (QED) is 0.306. The molecule has 2 heterocycles. The smallest absolute Gasteiger partial charge is 0.163 e. The number of aryl methyl sites for hydroxylation is 1. The number of aromatic nitrogens is 2. The van der Waals surface area contributed by atoms with Gasteiger partial charge in [0.25, 0.3) is 0 Å². The van der Waals surface area contributed by atoms with E-state index in [4.69, 9.17) is 0 Å². The molecular formula is C28H28F2N4. The molecule has 1 aromatic heterocycles. The molecular weight excluding hydrogens is 430 g/mol. The largest absolute Gasteiger partial charge is 0.372 e. The molecule has 34 heavy (non-hydrogen) atoms. The van der Waals surface area contributed by atoms with E-state index in [1.165, 1.54) is 49.6 Å². The number of benzene rings is 2. The summed E-state index contributed by atoms with van der Waals surface area (Å²) in [4.78, 5) is 14.7. The fourth-order valence-corrected chi connectivity index (χ4v) is 4.52. The molecule has 1 saturated heterocycles. The predicted molar refractivity (Wildman–Crippen MR) is 134 cm³/mol. The molecule has 0 amide bonds. The van der Waals surface area contributed by atoms with Crippen LogP contribution in [0.3, 0.4) is 0 Å². The second kappa shape index (κ2) is 10.5. The molecule has 174 valence electrons. The summed E-state index contributed by atoms with van der Waals surface area (Å²) in [5.74, 6) is -1.85. The summed E-state index contributed by atoms with van der Waals surface area (Å²) >= 11 is 0. The van der Waals surface area contributed by atoms with E-state index in [1.54, 1.807) is 12.1 Å². The number of hydrogen-bond donors (Lipinski definition) is 0. The van der Waals surface area contributed by atoms with Crippen LogP contribution in [-0.4, -0.2) is 28.8 Å². The van der Waals surface area contributed by atoms with Crippen LogP contribution in [-0.2, 0) is 0 Å². The van der Waals surface area contributed by atoms with Crippen LogP contribution in [0.4, 0.5) is 14.5 Å². The Hall–Kier alpha value is -3.67. The van der Waals surface area contributed by atoms with Gasteiger partial charge in [0.15, 0.2) is 5.82 Å². The van der Waals surface area contributed by atoms with Crippen molar-refractivity contribution in [1.29, 1.82) is 0 Å². The van der Waals surface area contributed by atoms with E-state index < -0.39 is 17.6 Å². The first-order valence-corrected chi connectivity index (χ1v) is 11.5. The lowest BCUT2D eigenvalue weighted by Crippen LogP contribution is -2.29. The molecule has 0 spiro atoms. The van der Waals surface area contributed by atoms with Crippen molar-refractivity contribution in [1.82, 2.24) is 9.97 Å². The number of allylic oxidation sites excluding steroid dienone is 1. The van der Waals surface area contributed by atoms with Crippen molar-refractivity contribution in [2.45, 2.75) is 32.1 Å². The van der Waals surface area contributed by atoms with Crippen LogP contribution in [0.15, 0.2) is 79.3 Å². The van der Waals surface area contributed by atoms with Gasteiger partial charge in [0.2, 0.25) is 0 Å². The SMILES string of the molecule is C=CN=C(c1ccc(F)c(C(C=C)c2ncncc2F)c1)c1ccc(N2CCCCC2)cc1C. The minimum Gasteiger partial charge on any atom is -0.372 e. The van der Waals surface area contributed by atoms with Crippen molar-refractivity contribution in [2.24, 2.45) is 4.99 Å². The first-order chi connectivity index (χ1) is 16.5. The molecule has 3 aromatic rings. The number of anilines is 1. The zero-order valence-electron chi connectivity index (χ0n) is 19.3. The highest BCUT2D eigenvalue weighted by molar-refractivity contribution is 6.14. The van der Waals surface area contributed by atoms with Gasteiger partial charge in [-0.1, -0.05) is 18.7 Å². The average Bonchev–Trinajstić information content (AvgIpc) is 2.86. The van der Waals surface area contributed by atoms with Gasteiger partial charge in [0.05, 0.1) is 23.5 Å². The van der Waals surface area contributed by atoms with E-state index in [9.17, 15) is 8.78 Å². The standard InChI is InChI=1S/C28H28F2N4/c1-4-22(28-26(30)17-31-18-33-28)24-16-20(9-12-25(24)29)27(32-5-2)23-11-10-21(15-19(23)3)34-13-7-6-8-14-34/h4-5,9-12,15-18,22H,1-2,6-8,13-14H2,3H3. The van der Waals surface area contributed by atoms with E-state index in [2.05, 4.69) is 58.1 Å². The van der Waals surface area contributed by atoms with Crippen molar-refractivity contribution in [3.05, 3.63) is 114 Å². The van der Waals surface area contributed by atoms with Crippen LogP contribution in [0.25, 0.3) is 0 Å². The van der Waals surface area contributed by atoms with Gasteiger partial charge in [-0.2, -0.15) is 0 Å². The van der Waals surface area contributed by atoms with Gasteiger partial charge >= 0.3 is 0 Å². The summed E-state index contributed by atoms with van der Waals surface area (Å²) in [5.41, 5.74) is 4.91.